The molecule has 0 unspecified atom stereocenters. The van der Waals surface area contributed by atoms with Crippen LogP contribution in [0.15, 0.2) is 18.3 Å². The number of aliphatic hydroxyl groups excluding tert-OH is 1. The molecular formula is C23H37FN2O7. The summed E-state index contributed by atoms with van der Waals surface area (Å²) in [4.78, 5) is 8.50. The van der Waals surface area contributed by atoms with Gasteiger partial charge in [0.2, 0.25) is 0 Å². The van der Waals surface area contributed by atoms with Crippen molar-refractivity contribution < 1.29 is 37.9 Å². The maximum absolute atomic E-state index is 15.0. The number of hydrogen-bond acceptors (Lipinski definition) is 9. The first-order valence-corrected chi connectivity index (χ1v) is 11.4. The van der Waals surface area contributed by atoms with E-state index in [-0.39, 0.29) is 19.6 Å². The van der Waals surface area contributed by atoms with E-state index in [9.17, 15) is 9.50 Å². The van der Waals surface area contributed by atoms with Gasteiger partial charge in [0.1, 0.15) is 5.67 Å². The van der Waals surface area contributed by atoms with Crippen LogP contribution >= 0.6 is 0 Å². The number of nitrogens with zero attached hydrogens (tertiary/aromatic N) is 2. The Morgan fingerprint density at radius 1 is 0.909 bits per heavy atom. The Balaban J connectivity index is 1.43. The average molecular weight is 473 g/mol. The van der Waals surface area contributed by atoms with Gasteiger partial charge < -0.3 is 33.5 Å². The second-order valence-electron chi connectivity index (χ2n) is 7.61. The first-order valence-electron chi connectivity index (χ1n) is 11.4. The SMILES string of the molecule is COCCOCCOCCOCCOCCOC[C@]1(F)CC=C(c2nccc(CO)n2)CC1. The predicted molar refractivity (Wildman–Crippen MR) is 120 cm³/mol. The molecule has 0 saturated heterocycles. The van der Waals surface area contributed by atoms with Gasteiger partial charge in [-0.3, -0.25) is 0 Å². The Morgan fingerprint density at radius 2 is 1.48 bits per heavy atom. The zero-order chi connectivity index (χ0) is 23.6. The molecule has 0 bridgehead atoms. The summed E-state index contributed by atoms with van der Waals surface area (Å²) in [6, 6.07) is 1.66. The topological polar surface area (TPSA) is 101 Å². The summed E-state index contributed by atoms with van der Waals surface area (Å²) < 4.78 is 46.8. The number of halogens is 1. The highest BCUT2D eigenvalue weighted by Gasteiger charge is 2.32. The van der Waals surface area contributed by atoms with Crippen molar-refractivity contribution in [3.8, 4) is 0 Å². The van der Waals surface area contributed by atoms with E-state index in [1.54, 1.807) is 19.4 Å². The third kappa shape index (κ3) is 11.9. The first kappa shape index (κ1) is 27.7. The van der Waals surface area contributed by atoms with Gasteiger partial charge in [0.25, 0.3) is 0 Å². The van der Waals surface area contributed by atoms with Crippen molar-refractivity contribution in [2.75, 3.05) is 79.8 Å². The van der Waals surface area contributed by atoms with Crippen LogP contribution in [0.5, 0.6) is 0 Å². The fraction of sp³-hybridized carbons (Fsp3) is 0.739. The number of hydrogen-bond donors (Lipinski definition) is 1. The maximum Gasteiger partial charge on any atom is 0.155 e. The van der Waals surface area contributed by atoms with Crippen molar-refractivity contribution in [3.63, 3.8) is 0 Å². The van der Waals surface area contributed by atoms with Crippen molar-refractivity contribution in [1.29, 1.82) is 0 Å². The van der Waals surface area contributed by atoms with E-state index < -0.39 is 5.67 Å². The zero-order valence-electron chi connectivity index (χ0n) is 19.5. The molecular weight excluding hydrogens is 435 g/mol. The van der Waals surface area contributed by atoms with Crippen LogP contribution in [0, 0.1) is 0 Å². The number of allylic oxidation sites excluding steroid dienone is 2. The van der Waals surface area contributed by atoms with E-state index in [0.29, 0.717) is 90.4 Å². The second kappa shape index (κ2) is 17.0. The van der Waals surface area contributed by atoms with Crippen LogP contribution in [0.3, 0.4) is 0 Å². The lowest BCUT2D eigenvalue weighted by Gasteiger charge is -2.28. The van der Waals surface area contributed by atoms with E-state index in [1.807, 2.05) is 6.08 Å². The molecule has 2 rings (SSSR count). The van der Waals surface area contributed by atoms with Crippen LogP contribution in [-0.2, 0) is 35.0 Å². The normalized spacial score (nSPS) is 18.5. The Morgan fingerprint density at radius 3 is 2.00 bits per heavy atom. The molecule has 1 aliphatic rings. The van der Waals surface area contributed by atoms with Gasteiger partial charge >= 0.3 is 0 Å². The molecule has 0 fully saturated rings. The highest BCUT2D eigenvalue weighted by Crippen LogP contribution is 2.34. The first-order chi connectivity index (χ1) is 16.2. The van der Waals surface area contributed by atoms with E-state index in [0.717, 1.165) is 5.57 Å². The minimum atomic E-state index is -1.39. The summed E-state index contributed by atoms with van der Waals surface area (Å²) in [7, 11) is 1.63. The van der Waals surface area contributed by atoms with Crippen molar-refractivity contribution in [2.24, 2.45) is 0 Å². The summed E-state index contributed by atoms with van der Waals surface area (Å²) in [5.74, 6) is 0.554. The van der Waals surface area contributed by atoms with Gasteiger partial charge in [0.05, 0.1) is 85.0 Å². The molecule has 0 saturated carbocycles. The van der Waals surface area contributed by atoms with Crippen molar-refractivity contribution in [1.82, 2.24) is 9.97 Å². The van der Waals surface area contributed by atoms with Gasteiger partial charge in [0.15, 0.2) is 5.82 Å². The Hall–Kier alpha value is -1.53. The van der Waals surface area contributed by atoms with Gasteiger partial charge in [-0.1, -0.05) is 6.08 Å². The molecule has 0 amide bonds. The van der Waals surface area contributed by atoms with Gasteiger partial charge in [-0.05, 0) is 24.5 Å². The van der Waals surface area contributed by atoms with Crippen LogP contribution < -0.4 is 0 Å². The minimum absolute atomic E-state index is 0.0285. The zero-order valence-corrected chi connectivity index (χ0v) is 19.5. The summed E-state index contributed by atoms with van der Waals surface area (Å²) in [6.45, 7) is 4.73. The van der Waals surface area contributed by atoms with Gasteiger partial charge in [-0.25, -0.2) is 14.4 Å². The summed E-state index contributed by atoms with van der Waals surface area (Å²) in [5.41, 5.74) is 0.0676. The number of alkyl halides is 1. The molecule has 0 radical (unpaired) electrons. The van der Waals surface area contributed by atoms with Crippen molar-refractivity contribution in [2.45, 2.75) is 31.5 Å². The van der Waals surface area contributed by atoms with Crippen LogP contribution in [0.2, 0.25) is 0 Å². The molecule has 9 nitrogen and oxygen atoms in total. The van der Waals surface area contributed by atoms with E-state index in [2.05, 4.69) is 9.97 Å². The van der Waals surface area contributed by atoms with Crippen LogP contribution in [-0.4, -0.2) is 101 Å². The maximum atomic E-state index is 15.0. The molecule has 1 aliphatic carbocycles. The third-order valence-corrected chi connectivity index (χ3v) is 5.00. The largest absolute Gasteiger partial charge is 0.390 e. The van der Waals surface area contributed by atoms with Crippen LogP contribution in [0.4, 0.5) is 4.39 Å². The number of methoxy groups -OCH3 is 1. The molecule has 0 aromatic carbocycles. The molecule has 33 heavy (non-hydrogen) atoms. The van der Waals surface area contributed by atoms with Gasteiger partial charge in [-0.2, -0.15) is 0 Å². The minimum Gasteiger partial charge on any atom is -0.390 e. The summed E-state index contributed by atoms with van der Waals surface area (Å²) >= 11 is 0. The lowest BCUT2D eigenvalue weighted by molar-refractivity contribution is -0.0310. The monoisotopic (exact) mass is 472 g/mol. The second-order valence-corrected chi connectivity index (χ2v) is 7.61. The molecule has 0 spiro atoms. The molecule has 188 valence electrons. The summed E-state index contributed by atoms with van der Waals surface area (Å²) in [5, 5.41) is 9.20. The fourth-order valence-electron chi connectivity index (χ4n) is 3.12. The predicted octanol–water partition coefficient (Wildman–Crippen LogP) is 1.97. The number of aliphatic hydroxyl groups is 1. The smallest absolute Gasteiger partial charge is 0.155 e. The molecule has 0 aliphatic heterocycles. The summed E-state index contributed by atoms with van der Waals surface area (Å²) in [6.07, 6.45) is 4.57. The third-order valence-electron chi connectivity index (χ3n) is 5.00. The Kier molecular flexibility index (Phi) is 14.3. The quantitative estimate of drug-likeness (QED) is 0.303. The molecule has 10 heteroatoms. The highest BCUT2D eigenvalue weighted by atomic mass is 19.1. The molecule has 1 aromatic heterocycles. The fourth-order valence-corrected chi connectivity index (χ4v) is 3.12. The Labute approximate surface area is 195 Å². The average Bonchev–Trinajstić information content (AvgIpc) is 2.84. The van der Waals surface area contributed by atoms with Gasteiger partial charge in [0, 0.05) is 19.7 Å². The van der Waals surface area contributed by atoms with E-state index in [4.69, 9.17) is 28.4 Å². The Bertz CT molecular complexity index is 680. The number of ether oxygens (including phenoxy) is 6. The lowest BCUT2D eigenvalue weighted by Crippen LogP contribution is -2.32. The van der Waals surface area contributed by atoms with E-state index in [1.165, 1.54) is 0 Å². The number of rotatable bonds is 19. The highest BCUT2D eigenvalue weighted by molar-refractivity contribution is 5.61. The molecule has 1 atom stereocenters. The van der Waals surface area contributed by atoms with Crippen molar-refractivity contribution in [3.05, 3.63) is 29.9 Å². The standard InChI is InChI=1S/C23H37FN2O7/c1-28-8-9-29-10-11-30-12-13-31-14-15-32-16-17-33-19-23(24)5-2-20(3-6-23)22-25-7-4-21(18-27)26-22/h2,4,7,27H,3,5-6,8-19H2,1H3/t23-/m0/s1. The van der Waals surface area contributed by atoms with Crippen LogP contribution in [0.1, 0.15) is 30.8 Å². The molecule has 1 N–H and O–H groups in total. The number of aromatic nitrogens is 2. The molecule has 1 heterocycles. The lowest BCUT2D eigenvalue weighted by atomic mass is 9.87. The van der Waals surface area contributed by atoms with Gasteiger partial charge in [-0.15, -0.1) is 0 Å². The van der Waals surface area contributed by atoms with Crippen molar-refractivity contribution >= 4 is 5.57 Å². The van der Waals surface area contributed by atoms with E-state index >= 15 is 0 Å². The van der Waals surface area contributed by atoms with Crippen LogP contribution in [0.25, 0.3) is 5.57 Å². The molecule has 1 aromatic rings.